The zero-order valence-corrected chi connectivity index (χ0v) is 13.1. The number of anilines is 1. The molecule has 2 amide bonds. The van der Waals surface area contributed by atoms with Gasteiger partial charge in [-0.25, -0.2) is 4.98 Å². The summed E-state index contributed by atoms with van der Waals surface area (Å²) in [5, 5.41) is 14.3. The predicted molar refractivity (Wildman–Crippen MR) is 87.6 cm³/mol. The fraction of sp³-hybridized carbons (Fsp3) is 0.176. The maximum absolute atomic E-state index is 12.3. The minimum Gasteiger partial charge on any atom is -0.383 e. The van der Waals surface area contributed by atoms with Crippen molar-refractivity contribution in [3.8, 4) is 6.07 Å². The molecule has 0 aliphatic heterocycles. The van der Waals surface area contributed by atoms with Gasteiger partial charge in [-0.1, -0.05) is 18.2 Å². The SMILES string of the molecule is COCCNC(=O)c1cccc(C(=O)Nc2ccccc2C#N)n1. The van der Waals surface area contributed by atoms with E-state index in [1.54, 1.807) is 30.3 Å². The van der Waals surface area contributed by atoms with Crippen molar-refractivity contribution >= 4 is 17.5 Å². The number of para-hydroxylation sites is 1. The average molecular weight is 324 g/mol. The minimum absolute atomic E-state index is 0.0853. The predicted octanol–water partition coefficient (Wildman–Crippen LogP) is 1.58. The van der Waals surface area contributed by atoms with E-state index < -0.39 is 5.91 Å². The quantitative estimate of drug-likeness (QED) is 0.785. The summed E-state index contributed by atoms with van der Waals surface area (Å²) in [5.41, 5.74) is 0.954. The summed E-state index contributed by atoms with van der Waals surface area (Å²) < 4.78 is 4.85. The molecule has 0 bridgehead atoms. The number of carbonyl (C=O) groups excluding carboxylic acids is 2. The molecule has 0 fully saturated rings. The summed E-state index contributed by atoms with van der Waals surface area (Å²) in [6, 6.07) is 13.2. The zero-order chi connectivity index (χ0) is 17.4. The third-order valence-corrected chi connectivity index (χ3v) is 3.10. The molecule has 1 aromatic heterocycles. The molecule has 0 saturated carbocycles. The van der Waals surface area contributed by atoms with Crippen molar-refractivity contribution in [1.29, 1.82) is 5.26 Å². The third kappa shape index (κ3) is 4.38. The lowest BCUT2D eigenvalue weighted by Crippen LogP contribution is -2.28. The number of nitrogens with one attached hydrogen (secondary N) is 2. The highest BCUT2D eigenvalue weighted by Gasteiger charge is 2.13. The number of hydrogen-bond donors (Lipinski definition) is 2. The van der Waals surface area contributed by atoms with Crippen LogP contribution in [0.15, 0.2) is 42.5 Å². The maximum Gasteiger partial charge on any atom is 0.274 e. The van der Waals surface area contributed by atoms with E-state index in [9.17, 15) is 9.59 Å². The fourth-order valence-electron chi connectivity index (χ4n) is 1.92. The lowest BCUT2D eigenvalue weighted by atomic mass is 10.2. The van der Waals surface area contributed by atoms with Gasteiger partial charge in [-0.3, -0.25) is 9.59 Å². The molecule has 0 unspecified atom stereocenters. The van der Waals surface area contributed by atoms with Gasteiger partial charge < -0.3 is 15.4 Å². The molecule has 0 aliphatic carbocycles. The second-order valence-electron chi connectivity index (χ2n) is 4.77. The number of hydrogen-bond acceptors (Lipinski definition) is 5. The summed E-state index contributed by atoms with van der Waals surface area (Å²) in [6.45, 7) is 0.736. The van der Waals surface area contributed by atoms with Crippen LogP contribution in [-0.4, -0.2) is 37.1 Å². The topological polar surface area (TPSA) is 104 Å². The molecule has 24 heavy (non-hydrogen) atoms. The molecule has 122 valence electrons. The number of benzene rings is 1. The van der Waals surface area contributed by atoms with Crippen LogP contribution in [0.25, 0.3) is 0 Å². The van der Waals surface area contributed by atoms with Gasteiger partial charge in [0, 0.05) is 13.7 Å². The van der Waals surface area contributed by atoms with Gasteiger partial charge in [-0.05, 0) is 24.3 Å². The molecule has 1 heterocycles. The smallest absolute Gasteiger partial charge is 0.274 e. The highest BCUT2D eigenvalue weighted by atomic mass is 16.5. The summed E-state index contributed by atoms with van der Waals surface area (Å²) >= 11 is 0. The first-order chi connectivity index (χ1) is 11.7. The number of nitriles is 1. The van der Waals surface area contributed by atoms with Crippen LogP contribution >= 0.6 is 0 Å². The second kappa shape index (κ2) is 8.41. The second-order valence-corrected chi connectivity index (χ2v) is 4.77. The van der Waals surface area contributed by atoms with E-state index in [0.717, 1.165) is 0 Å². The summed E-state index contributed by atoms with van der Waals surface area (Å²) in [4.78, 5) is 28.3. The Morgan fingerprint density at radius 3 is 2.54 bits per heavy atom. The monoisotopic (exact) mass is 324 g/mol. The van der Waals surface area contributed by atoms with E-state index in [4.69, 9.17) is 10.00 Å². The van der Waals surface area contributed by atoms with Gasteiger partial charge in [0.2, 0.25) is 0 Å². The van der Waals surface area contributed by atoms with Crippen LogP contribution in [0.2, 0.25) is 0 Å². The number of pyridine rings is 1. The molecule has 0 aliphatic rings. The number of aromatic nitrogens is 1. The van der Waals surface area contributed by atoms with Gasteiger partial charge in [0.1, 0.15) is 17.5 Å². The maximum atomic E-state index is 12.3. The molecule has 7 heteroatoms. The van der Waals surface area contributed by atoms with Gasteiger partial charge >= 0.3 is 0 Å². The first-order valence-corrected chi connectivity index (χ1v) is 7.20. The Morgan fingerprint density at radius 1 is 1.12 bits per heavy atom. The Labute approximate surface area is 139 Å². The molecule has 7 nitrogen and oxygen atoms in total. The molecule has 0 atom stereocenters. The van der Waals surface area contributed by atoms with E-state index in [1.165, 1.54) is 19.2 Å². The van der Waals surface area contributed by atoms with Gasteiger partial charge in [0.25, 0.3) is 11.8 Å². The summed E-state index contributed by atoms with van der Waals surface area (Å²) in [5.74, 6) is -0.886. The Bertz CT molecular complexity index is 783. The number of methoxy groups -OCH3 is 1. The molecule has 2 N–H and O–H groups in total. The molecule has 0 radical (unpaired) electrons. The third-order valence-electron chi connectivity index (χ3n) is 3.10. The zero-order valence-electron chi connectivity index (χ0n) is 13.1. The van der Waals surface area contributed by atoms with Crippen LogP contribution in [0.1, 0.15) is 26.5 Å². The van der Waals surface area contributed by atoms with Crippen molar-refractivity contribution in [1.82, 2.24) is 10.3 Å². The molecule has 0 spiro atoms. The first kappa shape index (κ1) is 17.1. The van der Waals surface area contributed by atoms with Crippen molar-refractivity contribution < 1.29 is 14.3 Å². The van der Waals surface area contributed by atoms with Crippen LogP contribution < -0.4 is 10.6 Å². The number of carbonyl (C=O) groups is 2. The molecular weight excluding hydrogens is 308 g/mol. The Morgan fingerprint density at radius 2 is 1.83 bits per heavy atom. The molecular formula is C17H16N4O3. The van der Waals surface area contributed by atoms with Crippen LogP contribution in [0, 0.1) is 11.3 Å². The van der Waals surface area contributed by atoms with E-state index >= 15 is 0 Å². The lowest BCUT2D eigenvalue weighted by Gasteiger charge is -2.08. The highest BCUT2D eigenvalue weighted by molar-refractivity contribution is 6.04. The molecule has 2 rings (SSSR count). The highest BCUT2D eigenvalue weighted by Crippen LogP contribution is 2.14. The molecule has 0 saturated heterocycles. The fourth-order valence-corrected chi connectivity index (χ4v) is 1.92. The van der Waals surface area contributed by atoms with Gasteiger partial charge in [-0.15, -0.1) is 0 Å². The standard InChI is InChI=1S/C17H16N4O3/c1-24-10-9-19-16(22)14-7-4-8-15(20-14)17(23)21-13-6-3-2-5-12(13)11-18/h2-8H,9-10H2,1H3,(H,19,22)(H,21,23). The van der Waals surface area contributed by atoms with E-state index in [1.807, 2.05) is 6.07 Å². The normalized spacial score (nSPS) is 9.83. The van der Waals surface area contributed by atoms with Crippen molar-refractivity contribution in [2.24, 2.45) is 0 Å². The number of nitrogens with zero attached hydrogens (tertiary/aromatic N) is 2. The van der Waals surface area contributed by atoms with Crippen LogP contribution in [0.3, 0.4) is 0 Å². The lowest BCUT2D eigenvalue weighted by molar-refractivity contribution is 0.0932. The largest absolute Gasteiger partial charge is 0.383 e. The summed E-state index contributed by atoms with van der Waals surface area (Å²) in [7, 11) is 1.54. The van der Waals surface area contributed by atoms with Crippen molar-refractivity contribution in [3.05, 3.63) is 59.4 Å². The Hall–Kier alpha value is -3.24. The summed E-state index contributed by atoms with van der Waals surface area (Å²) in [6.07, 6.45) is 0. The van der Waals surface area contributed by atoms with Crippen LogP contribution in [-0.2, 0) is 4.74 Å². The van der Waals surface area contributed by atoms with Crippen LogP contribution in [0.4, 0.5) is 5.69 Å². The van der Waals surface area contributed by atoms with Gasteiger partial charge in [0.15, 0.2) is 0 Å². The van der Waals surface area contributed by atoms with Crippen molar-refractivity contribution in [2.45, 2.75) is 0 Å². The average Bonchev–Trinajstić information content (AvgIpc) is 2.62. The first-order valence-electron chi connectivity index (χ1n) is 7.20. The minimum atomic E-state index is -0.496. The molecule has 1 aromatic carbocycles. The number of ether oxygens (including phenoxy) is 1. The van der Waals surface area contributed by atoms with E-state index in [0.29, 0.717) is 24.4 Å². The van der Waals surface area contributed by atoms with Crippen molar-refractivity contribution in [2.75, 3.05) is 25.6 Å². The Kier molecular flexibility index (Phi) is 6.00. The van der Waals surface area contributed by atoms with Gasteiger partial charge in [-0.2, -0.15) is 5.26 Å². The van der Waals surface area contributed by atoms with Gasteiger partial charge in [0.05, 0.1) is 17.9 Å². The number of rotatable bonds is 6. The van der Waals surface area contributed by atoms with Crippen molar-refractivity contribution in [3.63, 3.8) is 0 Å². The van der Waals surface area contributed by atoms with E-state index in [2.05, 4.69) is 15.6 Å². The molecule has 2 aromatic rings. The number of amides is 2. The van der Waals surface area contributed by atoms with Crippen LogP contribution in [0.5, 0.6) is 0 Å². The van der Waals surface area contributed by atoms with E-state index in [-0.39, 0.29) is 17.3 Å². The Balaban J connectivity index is 2.12.